The summed E-state index contributed by atoms with van der Waals surface area (Å²) in [5.74, 6) is -1.00. The van der Waals surface area contributed by atoms with Crippen molar-refractivity contribution in [2.75, 3.05) is 13.2 Å². The highest BCUT2D eigenvalue weighted by Crippen LogP contribution is 2.16. The smallest absolute Gasteiger partial charge is 0.306 e. The van der Waals surface area contributed by atoms with E-state index in [2.05, 4.69) is 136 Å². The third-order valence-corrected chi connectivity index (χ3v) is 13.7. The summed E-state index contributed by atoms with van der Waals surface area (Å²) in [6.45, 7) is 6.43. The molecule has 0 aromatic heterocycles. The largest absolute Gasteiger partial charge is 0.462 e. The summed E-state index contributed by atoms with van der Waals surface area (Å²) in [6, 6.07) is 0. The summed E-state index contributed by atoms with van der Waals surface area (Å²) in [4.78, 5) is 38.2. The van der Waals surface area contributed by atoms with Crippen molar-refractivity contribution in [2.24, 2.45) is 0 Å². The number of ether oxygens (including phenoxy) is 3. The fraction of sp³-hybridized carbons (Fsp3) is 0.681. The van der Waals surface area contributed by atoms with Gasteiger partial charge < -0.3 is 14.2 Å². The number of rotatable bonds is 58. The van der Waals surface area contributed by atoms with Crippen molar-refractivity contribution in [3.63, 3.8) is 0 Å². The minimum absolute atomic E-state index is 0.112. The second kappa shape index (κ2) is 65.3. The van der Waals surface area contributed by atoms with Gasteiger partial charge in [-0.25, -0.2) is 0 Å². The van der Waals surface area contributed by atoms with E-state index >= 15 is 0 Å². The normalized spacial score (nSPS) is 12.9. The van der Waals surface area contributed by atoms with Crippen LogP contribution >= 0.6 is 0 Å². The van der Waals surface area contributed by atoms with Crippen LogP contribution in [0.1, 0.15) is 297 Å². The van der Waals surface area contributed by atoms with Gasteiger partial charge in [-0.05, 0) is 122 Å². The van der Waals surface area contributed by atoms with Gasteiger partial charge in [0.05, 0.1) is 0 Å². The SMILES string of the molecule is CC/C=C\C/C=C\C/C=C\C/C=C\C/C=C\C/C=C\CCC(=O)OC(COC(=O)CCCCCCC/C=C\CCCCC)COC(=O)CCCCCCCCCCCCCCCC/C=C\C/C=C\C/C=C\CCCCCCC. The fourth-order valence-electron chi connectivity index (χ4n) is 8.82. The van der Waals surface area contributed by atoms with E-state index in [4.69, 9.17) is 14.2 Å². The number of hydrogen-bond acceptors (Lipinski definition) is 6. The van der Waals surface area contributed by atoms with E-state index in [1.165, 1.54) is 148 Å². The molecular formula is C72H120O6. The molecule has 0 N–H and O–H groups in total. The van der Waals surface area contributed by atoms with Crippen LogP contribution in [0.3, 0.4) is 0 Å². The van der Waals surface area contributed by atoms with Gasteiger partial charge in [0.1, 0.15) is 13.2 Å². The fourth-order valence-corrected chi connectivity index (χ4v) is 8.82. The molecular weight excluding hydrogens is 961 g/mol. The molecule has 0 aliphatic heterocycles. The van der Waals surface area contributed by atoms with Gasteiger partial charge in [-0.15, -0.1) is 0 Å². The van der Waals surface area contributed by atoms with Gasteiger partial charge in [0.2, 0.25) is 0 Å². The topological polar surface area (TPSA) is 78.9 Å². The van der Waals surface area contributed by atoms with Crippen molar-refractivity contribution in [3.8, 4) is 0 Å². The van der Waals surface area contributed by atoms with Crippen molar-refractivity contribution in [2.45, 2.75) is 303 Å². The Balaban J connectivity index is 4.33. The van der Waals surface area contributed by atoms with Crippen molar-refractivity contribution >= 4 is 17.9 Å². The first-order chi connectivity index (χ1) is 38.5. The molecule has 78 heavy (non-hydrogen) atoms. The zero-order valence-corrected chi connectivity index (χ0v) is 50.9. The molecule has 6 heteroatoms. The second-order valence-electron chi connectivity index (χ2n) is 21.3. The standard InChI is InChI=1S/C72H120O6/c1-4-7-10-13-16-19-22-25-27-29-31-32-33-34-35-36-37-38-39-40-42-43-45-47-50-53-56-59-62-65-71(74)77-68-69(67-76-70(73)64-61-58-55-52-49-24-21-18-15-12-9-6-3)78-72(75)66-63-60-57-54-51-48-46-44-41-30-28-26-23-20-17-14-11-8-5-2/h8,11,17-18,20-22,25-26,28-29,31,33-34,41,44,48,51,57,60,69H,4-7,9-10,12-16,19,23-24,27,30,32,35-40,42-43,45-47,49-50,52-56,58-59,61-68H2,1-3H3/b11-8-,20-17-,21-18-,25-22-,28-26-,31-29-,34-33-,44-41-,51-48-,60-57-. The maximum atomic E-state index is 12.9. The molecule has 0 aromatic carbocycles. The molecule has 0 bridgehead atoms. The van der Waals surface area contributed by atoms with Gasteiger partial charge in [0, 0.05) is 19.3 Å². The van der Waals surface area contributed by atoms with Gasteiger partial charge in [-0.1, -0.05) is 277 Å². The van der Waals surface area contributed by atoms with Crippen molar-refractivity contribution in [3.05, 3.63) is 122 Å². The summed E-state index contributed by atoms with van der Waals surface area (Å²) >= 11 is 0. The number of unbranched alkanes of at least 4 members (excludes halogenated alkanes) is 27. The lowest BCUT2D eigenvalue weighted by molar-refractivity contribution is -0.166. The lowest BCUT2D eigenvalue weighted by atomic mass is 10.0. The quantitative estimate of drug-likeness (QED) is 0.0261. The van der Waals surface area contributed by atoms with E-state index in [0.29, 0.717) is 19.3 Å². The minimum Gasteiger partial charge on any atom is -0.462 e. The Morgan fingerprint density at radius 2 is 0.526 bits per heavy atom. The molecule has 0 spiro atoms. The Hall–Kier alpha value is -4.19. The first-order valence-electron chi connectivity index (χ1n) is 32.5. The van der Waals surface area contributed by atoms with Gasteiger partial charge in [-0.2, -0.15) is 0 Å². The van der Waals surface area contributed by atoms with E-state index in [-0.39, 0.29) is 31.6 Å². The van der Waals surface area contributed by atoms with Crippen LogP contribution < -0.4 is 0 Å². The summed E-state index contributed by atoms with van der Waals surface area (Å²) in [5, 5.41) is 0. The Kier molecular flexibility index (Phi) is 61.8. The molecule has 1 atom stereocenters. The number of carbonyl (C=O) groups is 3. The van der Waals surface area contributed by atoms with Crippen LogP contribution in [0.5, 0.6) is 0 Å². The molecule has 0 aliphatic rings. The molecule has 0 heterocycles. The number of carbonyl (C=O) groups excluding carboxylic acids is 3. The van der Waals surface area contributed by atoms with Crippen LogP contribution in [0.4, 0.5) is 0 Å². The lowest BCUT2D eigenvalue weighted by Crippen LogP contribution is -2.30. The summed E-state index contributed by atoms with van der Waals surface area (Å²) in [5.41, 5.74) is 0. The molecule has 0 fully saturated rings. The average Bonchev–Trinajstić information content (AvgIpc) is 3.44. The number of hydrogen-bond donors (Lipinski definition) is 0. The highest BCUT2D eigenvalue weighted by molar-refractivity contribution is 5.71. The monoisotopic (exact) mass is 1080 g/mol. The molecule has 0 saturated heterocycles. The average molecular weight is 1080 g/mol. The summed E-state index contributed by atoms with van der Waals surface area (Å²) < 4.78 is 16.8. The molecule has 6 nitrogen and oxygen atoms in total. The van der Waals surface area contributed by atoms with E-state index in [1.54, 1.807) is 0 Å². The molecule has 0 amide bonds. The number of esters is 3. The van der Waals surface area contributed by atoms with E-state index in [1.807, 2.05) is 6.08 Å². The van der Waals surface area contributed by atoms with Crippen LogP contribution in [0.15, 0.2) is 122 Å². The van der Waals surface area contributed by atoms with Gasteiger partial charge in [0.15, 0.2) is 6.10 Å². The van der Waals surface area contributed by atoms with Crippen molar-refractivity contribution in [1.82, 2.24) is 0 Å². The molecule has 0 aromatic rings. The Morgan fingerprint density at radius 1 is 0.269 bits per heavy atom. The van der Waals surface area contributed by atoms with Crippen LogP contribution in [0.25, 0.3) is 0 Å². The predicted molar refractivity (Wildman–Crippen MR) is 339 cm³/mol. The van der Waals surface area contributed by atoms with Gasteiger partial charge in [-0.3, -0.25) is 14.4 Å². The summed E-state index contributed by atoms with van der Waals surface area (Å²) in [6.07, 6.45) is 90.9. The van der Waals surface area contributed by atoms with Crippen LogP contribution in [-0.2, 0) is 28.6 Å². The first-order valence-corrected chi connectivity index (χ1v) is 32.5. The Morgan fingerprint density at radius 3 is 0.872 bits per heavy atom. The third-order valence-electron chi connectivity index (χ3n) is 13.7. The van der Waals surface area contributed by atoms with Crippen LogP contribution in [-0.4, -0.2) is 37.2 Å². The second-order valence-corrected chi connectivity index (χ2v) is 21.3. The molecule has 0 rings (SSSR count). The molecule has 1 unspecified atom stereocenters. The lowest BCUT2D eigenvalue weighted by Gasteiger charge is -2.18. The number of allylic oxidation sites excluding steroid dienone is 20. The van der Waals surface area contributed by atoms with E-state index in [9.17, 15) is 14.4 Å². The van der Waals surface area contributed by atoms with Crippen molar-refractivity contribution in [1.29, 1.82) is 0 Å². The van der Waals surface area contributed by atoms with Crippen LogP contribution in [0.2, 0.25) is 0 Å². The van der Waals surface area contributed by atoms with Crippen LogP contribution in [0, 0.1) is 0 Å². The zero-order valence-electron chi connectivity index (χ0n) is 50.9. The minimum atomic E-state index is -0.825. The van der Waals surface area contributed by atoms with Crippen molar-refractivity contribution < 1.29 is 28.6 Å². The predicted octanol–water partition coefficient (Wildman–Crippen LogP) is 22.4. The third kappa shape index (κ3) is 62.7. The maximum Gasteiger partial charge on any atom is 0.306 e. The first kappa shape index (κ1) is 73.8. The highest BCUT2D eigenvalue weighted by Gasteiger charge is 2.19. The zero-order chi connectivity index (χ0) is 56.4. The Bertz CT molecular complexity index is 1620. The molecule has 0 radical (unpaired) electrons. The summed E-state index contributed by atoms with van der Waals surface area (Å²) in [7, 11) is 0. The van der Waals surface area contributed by atoms with Gasteiger partial charge in [0.25, 0.3) is 0 Å². The molecule has 444 valence electrons. The van der Waals surface area contributed by atoms with E-state index < -0.39 is 12.1 Å². The highest BCUT2D eigenvalue weighted by atomic mass is 16.6. The maximum absolute atomic E-state index is 12.9. The van der Waals surface area contributed by atoms with E-state index in [0.717, 1.165) is 103 Å². The molecule has 0 saturated carbocycles. The molecule has 0 aliphatic carbocycles. The Labute approximate surface area is 482 Å². The van der Waals surface area contributed by atoms with Gasteiger partial charge >= 0.3 is 17.9 Å².